The molecule has 30 heavy (non-hydrogen) atoms. The van der Waals surface area contributed by atoms with E-state index < -0.39 is 17.9 Å². The van der Waals surface area contributed by atoms with Gasteiger partial charge in [-0.3, -0.25) is 4.79 Å². The molecule has 0 aliphatic carbocycles. The van der Waals surface area contributed by atoms with Crippen LogP contribution in [0.15, 0.2) is 91.0 Å². The second-order valence-corrected chi connectivity index (χ2v) is 5.12. The van der Waals surface area contributed by atoms with Gasteiger partial charge in [-0.25, -0.2) is 14.4 Å². The van der Waals surface area contributed by atoms with Gasteiger partial charge in [0.25, 0.3) is 6.47 Å². The first kappa shape index (κ1) is 25.5. The number of carbonyl (C=O) groups is 4. The van der Waals surface area contributed by atoms with Gasteiger partial charge >= 0.3 is 17.9 Å². The van der Waals surface area contributed by atoms with Crippen LogP contribution in [0.3, 0.4) is 0 Å². The van der Waals surface area contributed by atoms with E-state index in [0.29, 0.717) is 16.7 Å². The highest BCUT2D eigenvalue weighted by Crippen LogP contribution is 1.97. The largest absolute Gasteiger partial charge is 0.483 e. The summed E-state index contributed by atoms with van der Waals surface area (Å²) >= 11 is 0. The quantitative estimate of drug-likeness (QED) is 0.474. The molecule has 0 heterocycles. The van der Waals surface area contributed by atoms with Gasteiger partial charge in [-0.1, -0.05) is 54.6 Å². The zero-order valence-corrected chi connectivity index (χ0v) is 15.7. The van der Waals surface area contributed by atoms with Crippen molar-refractivity contribution in [3.63, 3.8) is 0 Å². The third-order valence-electron chi connectivity index (χ3n) is 3.06. The van der Waals surface area contributed by atoms with Crippen LogP contribution in [0.2, 0.25) is 0 Å². The first-order chi connectivity index (χ1) is 14.3. The molecule has 0 spiro atoms. The summed E-state index contributed by atoms with van der Waals surface area (Å²) < 4.78 is 0. The molecule has 0 unspecified atom stereocenters. The highest BCUT2D eigenvalue weighted by atomic mass is 16.4. The number of hydrogen-bond donors (Lipinski definition) is 4. The zero-order chi connectivity index (χ0) is 22.8. The molecule has 0 aliphatic heterocycles. The van der Waals surface area contributed by atoms with E-state index in [4.69, 9.17) is 25.2 Å². The summed E-state index contributed by atoms with van der Waals surface area (Å²) in [7, 11) is 0. The fourth-order valence-electron chi connectivity index (χ4n) is 1.74. The summed E-state index contributed by atoms with van der Waals surface area (Å²) in [6.07, 6.45) is 0. The van der Waals surface area contributed by atoms with E-state index in [1.165, 1.54) is 0 Å². The number of carboxylic acids is 3. The van der Waals surface area contributed by atoms with Crippen LogP contribution in [-0.4, -0.2) is 44.8 Å². The third-order valence-corrected chi connectivity index (χ3v) is 3.06. The number of rotatable bonds is 3. The molecule has 0 bridgehead atoms. The average molecular weight is 412 g/mol. The maximum absolute atomic E-state index is 10.2. The van der Waals surface area contributed by atoms with Gasteiger partial charge in [0.15, 0.2) is 0 Å². The van der Waals surface area contributed by atoms with Gasteiger partial charge in [0.05, 0.1) is 16.7 Å². The van der Waals surface area contributed by atoms with Crippen molar-refractivity contribution in [1.82, 2.24) is 0 Å². The van der Waals surface area contributed by atoms with Crippen molar-refractivity contribution in [2.24, 2.45) is 0 Å². The number of hydrogen-bond acceptors (Lipinski definition) is 4. The Bertz CT molecular complexity index is 777. The molecule has 156 valence electrons. The molecular formula is C22H20O8. The molecule has 4 N–H and O–H groups in total. The van der Waals surface area contributed by atoms with Crippen molar-refractivity contribution in [1.29, 1.82) is 0 Å². The summed E-state index contributed by atoms with van der Waals surface area (Å²) in [5.41, 5.74) is 0.993. The fourth-order valence-corrected chi connectivity index (χ4v) is 1.74. The standard InChI is InChI=1S/3C7H6O2.CH2O2/c3*8-7(9)6-4-2-1-3-5-6;2-1-3/h3*1-5H,(H,8,9);1H,(H,2,3). The zero-order valence-electron chi connectivity index (χ0n) is 15.7. The second kappa shape index (κ2) is 15.6. The fraction of sp³-hybridized carbons (Fsp3) is 0. The van der Waals surface area contributed by atoms with Crippen molar-refractivity contribution < 1.29 is 39.6 Å². The van der Waals surface area contributed by atoms with Crippen LogP contribution in [0.4, 0.5) is 0 Å². The molecule has 3 aromatic rings. The Balaban J connectivity index is 0.000000394. The van der Waals surface area contributed by atoms with Crippen LogP contribution in [0.25, 0.3) is 0 Å². The SMILES string of the molecule is O=C(O)c1ccccc1.O=C(O)c1ccccc1.O=C(O)c1ccccc1.O=CO. The van der Waals surface area contributed by atoms with Crippen molar-refractivity contribution in [3.05, 3.63) is 108 Å². The lowest BCUT2D eigenvalue weighted by atomic mass is 10.2. The Morgan fingerprint density at radius 3 is 0.767 bits per heavy atom. The molecule has 0 fully saturated rings. The van der Waals surface area contributed by atoms with Gasteiger partial charge in [0.1, 0.15) is 0 Å². The molecule has 0 aliphatic rings. The van der Waals surface area contributed by atoms with Gasteiger partial charge in [0.2, 0.25) is 0 Å². The smallest absolute Gasteiger partial charge is 0.335 e. The van der Waals surface area contributed by atoms with Gasteiger partial charge < -0.3 is 20.4 Å². The van der Waals surface area contributed by atoms with Gasteiger partial charge in [-0.2, -0.15) is 0 Å². The van der Waals surface area contributed by atoms with Gasteiger partial charge in [0, 0.05) is 0 Å². The maximum Gasteiger partial charge on any atom is 0.335 e. The minimum atomic E-state index is -0.879. The van der Waals surface area contributed by atoms with Gasteiger partial charge in [-0.15, -0.1) is 0 Å². The molecule has 8 nitrogen and oxygen atoms in total. The molecule has 0 amide bonds. The normalized spacial score (nSPS) is 8.40. The van der Waals surface area contributed by atoms with E-state index in [1.54, 1.807) is 91.0 Å². The Morgan fingerprint density at radius 2 is 0.667 bits per heavy atom. The summed E-state index contributed by atoms with van der Waals surface area (Å²) in [6, 6.07) is 24.9. The van der Waals surface area contributed by atoms with Crippen LogP contribution in [0, 0.1) is 0 Å². The Labute approximate surface area is 172 Å². The Hall–Kier alpha value is -4.46. The monoisotopic (exact) mass is 412 g/mol. The first-order valence-corrected chi connectivity index (χ1v) is 8.26. The summed E-state index contributed by atoms with van der Waals surface area (Å²) in [5, 5.41) is 32.0. The molecule has 0 radical (unpaired) electrons. The van der Waals surface area contributed by atoms with E-state index in [1.807, 2.05) is 0 Å². The van der Waals surface area contributed by atoms with Crippen molar-refractivity contribution in [2.45, 2.75) is 0 Å². The Morgan fingerprint density at radius 1 is 0.500 bits per heavy atom. The molecule has 0 saturated carbocycles. The predicted molar refractivity (Wildman–Crippen MR) is 109 cm³/mol. The van der Waals surface area contributed by atoms with Gasteiger partial charge in [-0.05, 0) is 36.4 Å². The molecule has 8 heteroatoms. The van der Waals surface area contributed by atoms with E-state index in [2.05, 4.69) is 0 Å². The van der Waals surface area contributed by atoms with E-state index in [9.17, 15) is 14.4 Å². The topological polar surface area (TPSA) is 149 Å². The molecule has 3 aromatic carbocycles. The lowest BCUT2D eigenvalue weighted by Gasteiger charge is -1.88. The van der Waals surface area contributed by atoms with E-state index >= 15 is 0 Å². The van der Waals surface area contributed by atoms with E-state index in [0.717, 1.165) is 0 Å². The minimum Gasteiger partial charge on any atom is -0.483 e. The lowest BCUT2D eigenvalue weighted by molar-refractivity contribution is -0.122. The minimum absolute atomic E-state index is 0.250. The maximum atomic E-state index is 10.2. The summed E-state index contributed by atoms with van der Waals surface area (Å²) in [4.78, 5) is 39.0. The highest BCUT2D eigenvalue weighted by Gasteiger charge is 1.98. The van der Waals surface area contributed by atoms with Crippen LogP contribution in [0.5, 0.6) is 0 Å². The third kappa shape index (κ3) is 12.0. The number of carboxylic acid groups (broad SMARTS) is 4. The average Bonchev–Trinajstić information content (AvgIpc) is 2.77. The van der Waals surface area contributed by atoms with E-state index in [-0.39, 0.29) is 6.47 Å². The van der Waals surface area contributed by atoms with Crippen molar-refractivity contribution in [3.8, 4) is 0 Å². The van der Waals surface area contributed by atoms with Crippen LogP contribution >= 0.6 is 0 Å². The molecule has 0 aromatic heterocycles. The summed E-state index contributed by atoms with van der Waals surface area (Å²) in [6.45, 7) is -0.250. The summed E-state index contributed by atoms with van der Waals surface area (Å²) in [5.74, 6) is -2.64. The number of aromatic carboxylic acids is 3. The first-order valence-electron chi connectivity index (χ1n) is 8.26. The second-order valence-electron chi connectivity index (χ2n) is 5.12. The Kier molecular flexibility index (Phi) is 13.3. The lowest BCUT2D eigenvalue weighted by Crippen LogP contribution is -1.93. The number of benzene rings is 3. The van der Waals surface area contributed by atoms with Crippen molar-refractivity contribution in [2.75, 3.05) is 0 Å². The van der Waals surface area contributed by atoms with Crippen LogP contribution in [0.1, 0.15) is 31.1 Å². The predicted octanol–water partition coefficient (Wildman–Crippen LogP) is 3.86. The highest BCUT2D eigenvalue weighted by molar-refractivity contribution is 5.88. The molecule has 3 rings (SSSR count). The van der Waals surface area contributed by atoms with Crippen molar-refractivity contribution >= 4 is 24.4 Å². The molecular weight excluding hydrogens is 392 g/mol. The van der Waals surface area contributed by atoms with Crippen LogP contribution in [-0.2, 0) is 4.79 Å². The van der Waals surface area contributed by atoms with Crippen LogP contribution < -0.4 is 0 Å². The molecule has 0 atom stereocenters. The molecule has 0 saturated heterocycles.